The molecular weight excluding hydrogens is 286 g/mol. The highest BCUT2D eigenvalue weighted by Crippen LogP contribution is 2.43. The number of ether oxygens (including phenoxy) is 1. The lowest BCUT2D eigenvalue weighted by Gasteiger charge is -2.42. The molecular formula is C20H23NO2. The van der Waals surface area contributed by atoms with Crippen molar-refractivity contribution < 1.29 is 9.53 Å². The predicted octanol–water partition coefficient (Wildman–Crippen LogP) is 3.94. The molecule has 3 nitrogen and oxygen atoms in total. The molecule has 0 aromatic heterocycles. The molecule has 1 aliphatic rings. The topological polar surface area (TPSA) is 38.3 Å². The summed E-state index contributed by atoms with van der Waals surface area (Å²) < 4.78 is 5.55. The first kappa shape index (κ1) is 15.6. The Morgan fingerprint density at radius 2 is 1.78 bits per heavy atom. The van der Waals surface area contributed by atoms with Crippen molar-refractivity contribution in [3.05, 3.63) is 65.7 Å². The van der Waals surface area contributed by atoms with E-state index < -0.39 is 0 Å². The Kier molecular flexibility index (Phi) is 4.65. The van der Waals surface area contributed by atoms with E-state index in [1.165, 1.54) is 12.0 Å². The Morgan fingerprint density at radius 3 is 2.43 bits per heavy atom. The van der Waals surface area contributed by atoms with E-state index >= 15 is 0 Å². The highest BCUT2D eigenvalue weighted by molar-refractivity contribution is 5.97. The fourth-order valence-corrected chi connectivity index (χ4v) is 3.24. The van der Waals surface area contributed by atoms with Gasteiger partial charge in [0.25, 0.3) is 5.91 Å². The first-order chi connectivity index (χ1) is 11.2. The van der Waals surface area contributed by atoms with Gasteiger partial charge in [-0.3, -0.25) is 4.79 Å². The molecule has 1 amide bonds. The number of hydrogen-bond donors (Lipinski definition) is 1. The summed E-state index contributed by atoms with van der Waals surface area (Å²) in [6.07, 6.45) is 3.48. The molecule has 1 saturated carbocycles. The quantitative estimate of drug-likeness (QED) is 0.878. The van der Waals surface area contributed by atoms with Crippen LogP contribution in [0.5, 0.6) is 5.75 Å². The van der Waals surface area contributed by atoms with E-state index in [-0.39, 0.29) is 11.3 Å². The second kappa shape index (κ2) is 6.86. The van der Waals surface area contributed by atoms with Crippen molar-refractivity contribution in [1.29, 1.82) is 0 Å². The van der Waals surface area contributed by atoms with E-state index in [1.54, 1.807) is 0 Å². The van der Waals surface area contributed by atoms with Crippen LogP contribution >= 0.6 is 0 Å². The Morgan fingerprint density at radius 1 is 1.09 bits per heavy atom. The molecule has 0 spiro atoms. The normalized spacial score (nSPS) is 15.5. The fourth-order valence-electron chi connectivity index (χ4n) is 3.24. The average molecular weight is 309 g/mol. The molecule has 0 bridgehead atoms. The Balaban J connectivity index is 1.71. The van der Waals surface area contributed by atoms with Crippen molar-refractivity contribution in [1.82, 2.24) is 5.32 Å². The average Bonchev–Trinajstić information content (AvgIpc) is 2.55. The molecule has 2 aromatic rings. The third-order valence-corrected chi connectivity index (χ3v) is 4.72. The molecule has 1 N–H and O–H groups in total. The number of carbonyl (C=O) groups is 1. The summed E-state index contributed by atoms with van der Waals surface area (Å²) in [5.41, 5.74) is 2.03. The van der Waals surface area contributed by atoms with E-state index in [1.807, 2.05) is 37.3 Å². The van der Waals surface area contributed by atoms with Crippen molar-refractivity contribution >= 4 is 5.91 Å². The van der Waals surface area contributed by atoms with Crippen molar-refractivity contribution in [2.45, 2.75) is 31.6 Å². The number of para-hydroxylation sites is 1. The zero-order chi connectivity index (χ0) is 16.1. The van der Waals surface area contributed by atoms with E-state index in [0.717, 1.165) is 12.8 Å². The maximum atomic E-state index is 12.6. The Hall–Kier alpha value is -2.29. The molecule has 2 aromatic carbocycles. The van der Waals surface area contributed by atoms with E-state index in [2.05, 4.69) is 29.6 Å². The van der Waals surface area contributed by atoms with Crippen molar-refractivity contribution in [3.63, 3.8) is 0 Å². The number of hydrogen-bond acceptors (Lipinski definition) is 2. The summed E-state index contributed by atoms with van der Waals surface area (Å²) in [6, 6.07) is 17.9. The molecule has 23 heavy (non-hydrogen) atoms. The number of benzene rings is 2. The minimum Gasteiger partial charge on any atom is -0.493 e. The molecule has 120 valence electrons. The van der Waals surface area contributed by atoms with E-state index in [9.17, 15) is 4.79 Å². The molecule has 0 aliphatic heterocycles. The van der Waals surface area contributed by atoms with Gasteiger partial charge in [0.2, 0.25) is 0 Å². The standard InChI is InChI=1S/C20H23NO2/c1-2-23-18-12-7-6-11-17(18)19(22)21-15-20(13-8-14-20)16-9-4-3-5-10-16/h3-7,9-12H,2,8,13-15H2,1H3,(H,21,22). The summed E-state index contributed by atoms with van der Waals surface area (Å²) in [4.78, 5) is 12.6. The summed E-state index contributed by atoms with van der Waals surface area (Å²) >= 11 is 0. The fraction of sp³-hybridized carbons (Fsp3) is 0.350. The SMILES string of the molecule is CCOc1ccccc1C(=O)NCC1(c2ccccc2)CCC1. The van der Waals surface area contributed by atoms with Crippen LogP contribution in [0.15, 0.2) is 54.6 Å². The lowest BCUT2D eigenvalue weighted by Crippen LogP contribution is -2.45. The van der Waals surface area contributed by atoms with Gasteiger partial charge in [-0.25, -0.2) is 0 Å². The van der Waals surface area contributed by atoms with Gasteiger partial charge >= 0.3 is 0 Å². The summed E-state index contributed by atoms with van der Waals surface area (Å²) in [7, 11) is 0. The van der Waals surface area contributed by atoms with Crippen LogP contribution < -0.4 is 10.1 Å². The molecule has 0 saturated heterocycles. The first-order valence-corrected chi connectivity index (χ1v) is 8.31. The molecule has 0 heterocycles. The minimum absolute atomic E-state index is 0.0590. The second-order valence-corrected chi connectivity index (χ2v) is 6.11. The largest absolute Gasteiger partial charge is 0.493 e. The third kappa shape index (κ3) is 3.24. The monoisotopic (exact) mass is 309 g/mol. The van der Waals surface area contributed by atoms with Crippen molar-refractivity contribution in [3.8, 4) is 5.75 Å². The van der Waals surface area contributed by atoms with Crippen LogP contribution in [-0.2, 0) is 5.41 Å². The highest BCUT2D eigenvalue weighted by Gasteiger charge is 2.38. The smallest absolute Gasteiger partial charge is 0.255 e. The van der Waals surface area contributed by atoms with Crippen LogP contribution in [0.3, 0.4) is 0 Å². The molecule has 1 aliphatic carbocycles. The van der Waals surface area contributed by atoms with Gasteiger partial charge in [0, 0.05) is 12.0 Å². The molecule has 0 unspecified atom stereocenters. The number of amides is 1. The minimum atomic E-state index is -0.0590. The molecule has 1 fully saturated rings. The second-order valence-electron chi connectivity index (χ2n) is 6.11. The lowest BCUT2D eigenvalue weighted by molar-refractivity contribution is 0.0924. The van der Waals surface area contributed by atoms with Crippen molar-refractivity contribution in [2.24, 2.45) is 0 Å². The zero-order valence-corrected chi connectivity index (χ0v) is 13.5. The predicted molar refractivity (Wildman–Crippen MR) is 91.9 cm³/mol. The molecule has 3 rings (SSSR count). The van der Waals surface area contributed by atoms with Gasteiger partial charge in [0.15, 0.2) is 0 Å². The summed E-state index contributed by atoms with van der Waals surface area (Å²) in [5.74, 6) is 0.589. The van der Waals surface area contributed by atoms with Crippen LogP contribution in [0.2, 0.25) is 0 Å². The van der Waals surface area contributed by atoms with Crippen LogP contribution in [-0.4, -0.2) is 19.1 Å². The van der Waals surface area contributed by atoms with Gasteiger partial charge in [0.05, 0.1) is 12.2 Å². The Bertz CT molecular complexity index is 662. The van der Waals surface area contributed by atoms with Gasteiger partial charge in [-0.2, -0.15) is 0 Å². The van der Waals surface area contributed by atoms with Crippen LogP contribution in [0.25, 0.3) is 0 Å². The molecule has 0 radical (unpaired) electrons. The zero-order valence-electron chi connectivity index (χ0n) is 13.5. The van der Waals surface area contributed by atoms with Crippen LogP contribution in [0.1, 0.15) is 42.1 Å². The summed E-state index contributed by atoms with van der Waals surface area (Å²) in [6.45, 7) is 3.15. The lowest BCUT2D eigenvalue weighted by atomic mass is 9.64. The van der Waals surface area contributed by atoms with Crippen molar-refractivity contribution in [2.75, 3.05) is 13.2 Å². The molecule has 3 heteroatoms. The van der Waals surface area contributed by atoms with Gasteiger partial charge in [-0.15, -0.1) is 0 Å². The number of nitrogens with one attached hydrogen (secondary N) is 1. The van der Waals surface area contributed by atoms with Gasteiger partial charge < -0.3 is 10.1 Å². The third-order valence-electron chi connectivity index (χ3n) is 4.72. The van der Waals surface area contributed by atoms with Gasteiger partial charge in [0.1, 0.15) is 5.75 Å². The Labute approximate surface area is 137 Å². The van der Waals surface area contributed by atoms with E-state index in [0.29, 0.717) is 24.5 Å². The first-order valence-electron chi connectivity index (χ1n) is 8.31. The van der Waals surface area contributed by atoms with Gasteiger partial charge in [-0.05, 0) is 37.5 Å². The maximum absolute atomic E-state index is 12.6. The van der Waals surface area contributed by atoms with E-state index in [4.69, 9.17) is 4.74 Å². The highest BCUT2D eigenvalue weighted by atomic mass is 16.5. The number of carbonyl (C=O) groups excluding carboxylic acids is 1. The summed E-state index contributed by atoms with van der Waals surface area (Å²) in [5, 5.41) is 3.12. The maximum Gasteiger partial charge on any atom is 0.255 e. The van der Waals surface area contributed by atoms with Gasteiger partial charge in [-0.1, -0.05) is 48.9 Å². The number of rotatable bonds is 6. The molecule has 0 atom stereocenters. The van der Waals surface area contributed by atoms with Crippen LogP contribution in [0, 0.1) is 0 Å². The van der Waals surface area contributed by atoms with Crippen LogP contribution in [0.4, 0.5) is 0 Å².